The van der Waals surface area contributed by atoms with E-state index in [0.29, 0.717) is 38.5 Å². The van der Waals surface area contributed by atoms with Gasteiger partial charge in [0.05, 0.1) is 18.0 Å². The number of carbonyl (C=O) groups excluding carboxylic acids is 2. The van der Waals surface area contributed by atoms with Gasteiger partial charge in [0, 0.05) is 57.3 Å². The van der Waals surface area contributed by atoms with E-state index in [1.165, 1.54) is 0 Å². The number of pyridine rings is 2. The Bertz CT molecular complexity index is 1070. The first-order valence-corrected chi connectivity index (χ1v) is 10.0. The second-order valence-electron chi connectivity index (χ2n) is 7.68. The van der Waals surface area contributed by atoms with Crippen LogP contribution in [-0.4, -0.2) is 49.7 Å². The summed E-state index contributed by atoms with van der Waals surface area (Å²) in [7, 11) is 0. The van der Waals surface area contributed by atoms with Gasteiger partial charge in [-0.2, -0.15) is 0 Å². The van der Waals surface area contributed by atoms with Gasteiger partial charge in [0.25, 0.3) is 0 Å². The number of likely N-dealkylation sites (tertiary alicyclic amines) is 1. The number of oxazole rings is 1. The molecule has 0 radical (unpaired) electrons. The standard InChI is InChI=1S/C22H21N5O3/c28-20-9-17(13-27(20)12-15-3-1-6-23-10-15)22(29)26-8-5-19-18(14-26)25-21(30-19)16-4-2-7-24-11-16/h1-4,6-7,10-11,17H,5,8-9,12-14H2. The summed E-state index contributed by atoms with van der Waals surface area (Å²) < 4.78 is 5.89. The molecule has 0 saturated carbocycles. The van der Waals surface area contributed by atoms with E-state index < -0.39 is 0 Å². The van der Waals surface area contributed by atoms with Crippen LogP contribution in [-0.2, 0) is 29.1 Å². The first-order valence-electron chi connectivity index (χ1n) is 10.0. The van der Waals surface area contributed by atoms with E-state index in [1.54, 1.807) is 34.6 Å². The molecule has 0 N–H and O–H groups in total. The van der Waals surface area contributed by atoms with Crippen LogP contribution in [0.15, 0.2) is 53.5 Å². The van der Waals surface area contributed by atoms with Crippen LogP contribution in [0.1, 0.15) is 23.4 Å². The normalized spacial score (nSPS) is 18.5. The first kappa shape index (κ1) is 18.5. The van der Waals surface area contributed by atoms with E-state index in [1.807, 2.05) is 24.3 Å². The molecule has 2 amide bonds. The van der Waals surface area contributed by atoms with Gasteiger partial charge in [-0.15, -0.1) is 0 Å². The topological polar surface area (TPSA) is 92.4 Å². The molecule has 1 unspecified atom stereocenters. The monoisotopic (exact) mass is 403 g/mol. The van der Waals surface area contributed by atoms with Crippen molar-refractivity contribution < 1.29 is 14.0 Å². The zero-order chi connectivity index (χ0) is 20.5. The van der Waals surface area contributed by atoms with E-state index in [-0.39, 0.29) is 24.2 Å². The summed E-state index contributed by atoms with van der Waals surface area (Å²) in [5, 5.41) is 0. The van der Waals surface area contributed by atoms with Crippen LogP contribution in [0, 0.1) is 5.92 Å². The first-order chi connectivity index (χ1) is 14.7. The molecule has 0 aliphatic carbocycles. The van der Waals surface area contributed by atoms with Crippen LogP contribution in [0.25, 0.3) is 11.5 Å². The van der Waals surface area contributed by atoms with Crippen molar-refractivity contribution in [1.29, 1.82) is 0 Å². The molecule has 8 nitrogen and oxygen atoms in total. The fourth-order valence-electron chi connectivity index (χ4n) is 4.06. The molecule has 3 aromatic heterocycles. The van der Waals surface area contributed by atoms with E-state index in [4.69, 9.17) is 4.42 Å². The Morgan fingerprint density at radius 3 is 2.77 bits per heavy atom. The Labute approximate surface area is 173 Å². The number of hydrogen-bond acceptors (Lipinski definition) is 6. The predicted octanol–water partition coefficient (Wildman–Crippen LogP) is 2.06. The maximum atomic E-state index is 13.1. The van der Waals surface area contributed by atoms with Gasteiger partial charge in [-0.25, -0.2) is 4.98 Å². The molecule has 0 spiro atoms. The largest absolute Gasteiger partial charge is 0.441 e. The fraction of sp³-hybridized carbons (Fsp3) is 0.318. The van der Waals surface area contributed by atoms with Gasteiger partial charge in [-0.05, 0) is 23.8 Å². The Morgan fingerprint density at radius 2 is 2.00 bits per heavy atom. The third-order valence-electron chi connectivity index (χ3n) is 5.61. The van der Waals surface area contributed by atoms with Crippen molar-refractivity contribution in [1.82, 2.24) is 24.8 Å². The quantitative estimate of drug-likeness (QED) is 0.662. The molecular formula is C22H21N5O3. The summed E-state index contributed by atoms with van der Waals surface area (Å²) in [6.07, 6.45) is 7.74. The Balaban J connectivity index is 1.25. The van der Waals surface area contributed by atoms with Crippen LogP contribution in [0.2, 0.25) is 0 Å². The molecule has 1 atom stereocenters. The van der Waals surface area contributed by atoms with Gasteiger partial charge in [0.1, 0.15) is 11.5 Å². The van der Waals surface area contributed by atoms with Crippen molar-refractivity contribution in [3.63, 3.8) is 0 Å². The number of nitrogens with zero attached hydrogens (tertiary/aromatic N) is 5. The van der Waals surface area contributed by atoms with Gasteiger partial charge < -0.3 is 14.2 Å². The molecule has 3 aromatic rings. The summed E-state index contributed by atoms with van der Waals surface area (Å²) in [6.45, 7) is 1.90. The van der Waals surface area contributed by atoms with Crippen molar-refractivity contribution >= 4 is 11.8 Å². The molecule has 30 heavy (non-hydrogen) atoms. The number of hydrogen-bond donors (Lipinski definition) is 0. The van der Waals surface area contributed by atoms with Gasteiger partial charge in [-0.1, -0.05) is 6.07 Å². The minimum absolute atomic E-state index is 0.00798. The van der Waals surface area contributed by atoms with Crippen molar-refractivity contribution in [2.75, 3.05) is 13.1 Å². The molecule has 152 valence electrons. The highest BCUT2D eigenvalue weighted by Crippen LogP contribution is 2.28. The Hall–Kier alpha value is -3.55. The molecule has 8 heteroatoms. The molecule has 5 heterocycles. The van der Waals surface area contributed by atoms with Crippen molar-refractivity contribution in [3.05, 3.63) is 66.1 Å². The van der Waals surface area contributed by atoms with E-state index in [2.05, 4.69) is 15.0 Å². The van der Waals surface area contributed by atoms with Crippen molar-refractivity contribution in [3.8, 4) is 11.5 Å². The molecule has 0 bridgehead atoms. The summed E-state index contributed by atoms with van der Waals surface area (Å²) in [5.74, 6) is 1.05. The number of carbonyl (C=O) groups is 2. The zero-order valence-corrected chi connectivity index (χ0v) is 16.4. The maximum Gasteiger partial charge on any atom is 0.228 e. The molecule has 0 aromatic carbocycles. The lowest BCUT2D eigenvalue weighted by molar-refractivity contribution is -0.136. The van der Waals surface area contributed by atoms with E-state index in [0.717, 1.165) is 22.6 Å². The van der Waals surface area contributed by atoms with Crippen molar-refractivity contribution in [2.45, 2.75) is 25.9 Å². The van der Waals surface area contributed by atoms with Crippen molar-refractivity contribution in [2.24, 2.45) is 5.92 Å². The highest BCUT2D eigenvalue weighted by atomic mass is 16.4. The number of aromatic nitrogens is 3. The van der Waals surface area contributed by atoms with Gasteiger partial charge in [0.15, 0.2) is 0 Å². The lowest BCUT2D eigenvalue weighted by Crippen LogP contribution is -2.40. The van der Waals surface area contributed by atoms with Gasteiger partial charge in [-0.3, -0.25) is 19.6 Å². The Morgan fingerprint density at radius 1 is 1.17 bits per heavy atom. The fourth-order valence-corrected chi connectivity index (χ4v) is 4.06. The molecule has 2 aliphatic heterocycles. The Kier molecular flexibility index (Phi) is 4.74. The van der Waals surface area contributed by atoms with Crippen LogP contribution in [0.5, 0.6) is 0 Å². The lowest BCUT2D eigenvalue weighted by Gasteiger charge is -2.27. The minimum Gasteiger partial charge on any atom is -0.441 e. The highest BCUT2D eigenvalue weighted by molar-refractivity contribution is 5.89. The second kappa shape index (κ2) is 7.70. The summed E-state index contributed by atoms with van der Waals surface area (Å²) >= 11 is 0. The van der Waals surface area contributed by atoms with Crippen LogP contribution in [0.3, 0.4) is 0 Å². The molecular weight excluding hydrogens is 382 g/mol. The van der Waals surface area contributed by atoms with E-state index in [9.17, 15) is 9.59 Å². The number of amides is 2. The minimum atomic E-state index is -0.319. The summed E-state index contributed by atoms with van der Waals surface area (Å²) in [6, 6.07) is 7.52. The number of fused-ring (bicyclic) bond motifs is 1. The zero-order valence-electron chi connectivity index (χ0n) is 16.4. The molecule has 5 rings (SSSR count). The molecule has 1 saturated heterocycles. The van der Waals surface area contributed by atoms with E-state index >= 15 is 0 Å². The summed E-state index contributed by atoms with van der Waals surface area (Å²) in [5.41, 5.74) is 2.56. The average molecular weight is 403 g/mol. The van der Waals surface area contributed by atoms with Crippen LogP contribution < -0.4 is 0 Å². The molecule has 2 aliphatic rings. The third kappa shape index (κ3) is 3.56. The van der Waals surface area contributed by atoms with Gasteiger partial charge >= 0.3 is 0 Å². The third-order valence-corrected chi connectivity index (χ3v) is 5.61. The maximum absolute atomic E-state index is 13.1. The summed E-state index contributed by atoms with van der Waals surface area (Å²) in [4.78, 5) is 41.8. The average Bonchev–Trinajstić information content (AvgIpc) is 3.38. The molecule has 1 fully saturated rings. The van der Waals surface area contributed by atoms with Gasteiger partial charge in [0.2, 0.25) is 17.7 Å². The van der Waals surface area contributed by atoms with Crippen LogP contribution in [0.4, 0.5) is 0 Å². The second-order valence-corrected chi connectivity index (χ2v) is 7.68. The van der Waals surface area contributed by atoms with Crippen LogP contribution >= 0.6 is 0 Å². The lowest BCUT2D eigenvalue weighted by atomic mass is 10.0. The highest BCUT2D eigenvalue weighted by Gasteiger charge is 2.38. The smallest absolute Gasteiger partial charge is 0.228 e. The number of rotatable bonds is 4. The predicted molar refractivity (Wildman–Crippen MR) is 107 cm³/mol. The SMILES string of the molecule is O=C1CC(C(=O)N2CCc3oc(-c4cccnc4)nc3C2)CN1Cc1cccnc1.